The quantitative estimate of drug-likeness (QED) is 0.750. The Morgan fingerprint density at radius 3 is 2.41 bits per heavy atom. The highest BCUT2D eigenvalue weighted by Crippen LogP contribution is 2.30. The summed E-state index contributed by atoms with van der Waals surface area (Å²) in [5.41, 5.74) is 0.826. The van der Waals surface area contributed by atoms with Gasteiger partial charge in [0.05, 0.1) is 11.3 Å². The molecule has 0 fully saturated rings. The van der Waals surface area contributed by atoms with E-state index in [2.05, 4.69) is 4.98 Å². The van der Waals surface area contributed by atoms with Gasteiger partial charge in [-0.15, -0.1) is 0 Å². The minimum absolute atomic E-state index is 0.157. The van der Waals surface area contributed by atoms with Gasteiger partial charge in [0.15, 0.2) is 0 Å². The fourth-order valence-electron chi connectivity index (χ4n) is 2.15. The summed E-state index contributed by atoms with van der Waals surface area (Å²) in [6, 6.07) is 11.3. The van der Waals surface area contributed by atoms with E-state index in [0.29, 0.717) is 5.75 Å². The number of alkyl halides is 3. The number of ether oxygens (including phenoxy) is 1. The fraction of sp³-hybridized carbons (Fsp3) is 0.125. The predicted octanol–water partition coefficient (Wildman–Crippen LogP) is 4.47. The fourth-order valence-corrected chi connectivity index (χ4v) is 2.15. The van der Waals surface area contributed by atoms with Crippen molar-refractivity contribution in [1.82, 2.24) is 4.98 Å². The topological polar surface area (TPSA) is 45.2 Å². The van der Waals surface area contributed by atoms with E-state index >= 15 is 0 Å². The first kappa shape index (κ1) is 14.3. The number of halogens is 3. The van der Waals surface area contributed by atoms with Crippen molar-refractivity contribution in [3.05, 3.63) is 59.8 Å². The molecule has 3 rings (SSSR count). The molecule has 0 unspecified atom stereocenters. The van der Waals surface area contributed by atoms with Crippen LogP contribution in [0, 0.1) is 0 Å². The molecular weight excluding hydrogens is 295 g/mol. The zero-order valence-electron chi connectivity index (χ0n) is 11.3. The van der Waals surface area contributed by atoms with Gasteiger partial charge >= 0.3 is 6.18 Å². The molecule has 3 aromatic rings. The molecule has 0 atom stereocenters. The van der Waals surface area contributed by atoms with Crippen molar-refractivity contribution in [3.8, 4) is 11.5 Å². The smallest absolute Gasteiger partial charge is 0.416 e. The third kappa shape index (κ3) is 3.00. The lowest BCUT2D eigenvalue weighted by Gasteiger charge is -2.08. The number of benzene rings is 2. The average Bonchev–Trinajstić information content (AvgIpc) is 2.86. The summed E-state index contributed by atoms with van der Waals surface area (Å²) in [4.78, 5) is 3.08. The van der Waals surface area contributed by atoms with Crippen LogP contribution in [0.15, 0.2) is 48.5 Å². The number of fused-ring (bicyclic) bond motifs is 1. The van der Waals surface area contributed by atoms with Gasteiger partial charge in [-0.3, -0.25) is 0 Å². The zero-order valence-corrected chi connectivity index (χ0v) is 11.3. The minimum atomic E-state index is -4.35. The Hall–Kier alpha value is -2.63. The first-order valence-corrected chi connectivity index (χ1v) is 6.52. The van der Waals surface area contributed by atoms with E-state index in [1.807, 2.05) is 6.07 Å². The molecule has 22 heavy (non-hydrogen) atoms. The van der Waals surface area contributed by atoms with Crippen molar-refractivity contribution in [2.45, 2.75) is 12.8 Å². The zero-order chi connectivity index (χ0) is 15.7. The van der Waals surface area contributed by atoms with Gasteiger partial charge in [0.1, 0.15) is 18.1 Å². The molecule has 0 amide bonds. The maximum Gasteiger partial charge on any atom is 0.416 e. The number of aromatic amines is 1. The summed E-state index contributed by atoms with van der Waals surface area (Å²) in [6.07, 6.45) is -4.35. The van der Waals surface area contributed by atoms with Crippen LogP contribution in [0.2, 0.25) is 0 Å². The monoisotopic (exact) mass is 307 g/mol. The molecule has 0 saturated heterocycles. The van der Waals surface area contributed by atoms with E-state index in [0.717, 1.165) is 28.7 Å². The van der Waals surface area contributed by atoms with Gasteiger partial charge in [-0.25, -0.2) is 0 Å². The second-order valence-electron chi connectivity index (χ2n) is 4.88. The molecule has 0 spiro atoms. The van der Waals surface area contributed by atoms with E-state index in [9.17, 15) is 18.3 Å². The molecule has 0 radical (unpaired) electrons. The molecule has 0 aliphatic rings. The van der Waals surface area contributed by atoms with E-state index in [1.54, 1.807) is 18.2 Å². The Labute approximate surface area is 124 Å². The van der Waals surface area contributed by atoms with Crippen LogP contribution in [0.25, 0.3) is 10.9 Å². The summed E-state index contributed by atoms with van der Waals surface area (Å²) in [6.45, 7) is 0.195. The number of hydrogen-bond donors (Lipinski definition) is 2. The predicted molar refractivity (Wildman–Crippen MR) is 75.7 cm³/mol. The lowest BCUT2D eigenvalue weighted by molar-refractivity contribution is -0.137. The Balaban J connectivity index is 1.71. The van der Waals surface area contributed by atoms with Crippen LogP contribution < -0.4 is 4.74 Å². The molecule has 1 heterocycles. The van der Waals surface area contributed by atoms with Crippen LogP contribution in [0.1, 0.15) is 11.3 Å². The molecule has 0 aliphatic carbocycles. The van der Waals surface area contributed by atoms with Crippen molar-refractivity contribution < 1.29 is 23.0 Å². The molecule has 1 aromatic heterocycles. The highest BCUT2D eigenvalue weighted by Gasteiger charge is 2.29. The van der Waals surface area contributed by atoms with Crippen LogP contribution in [0.3, 0.4) is 0 Å². The molecule has 3 nitrogen and oxygen atoms in total. The number of H-pyrrole nitrogens is 1. The van der Waals surface area contributed by atoms with Gasteiger partial charge < -0.3 is 14.8 Å². The Morgan fingerprint density at radius 1 is 1.00 bits per heavy atom. The molecular formula is C16H12F3NO2. The second-order valence-corrected chi connectivity index (χ2v) is 4.88. The largest absolute Gasteiger partial charge is 0.508 e. The maximum atomic E-state index is 12.5. The molecule has 114 valence electrons. The molecule has 0 aliphatic heterocycles. The van der Waals surface area contributed by atoms with Crippen molar-refractivity contribution >= 4 is 10.9 Å². The second kappa shape index (κ2) is 5.29. The van der Waals surface area contributed by atoms with Gasteiger partial charge in [0, 0.05) is 17.0 Å². The highest BCUT2D eigenvalue weighted by molar-refractivity contribution is 5.81. The van der Waals surface area contributed by atoms with Gasteiger partial charge in [0.25, 0.3) is 0 Å². The summed E-state index contributed by atoms with van der Waals surface area (Å²) in [5.74, 6) is 0.513. The van der Waals surface area contributed by atoms with E-state index in [1.165, 1.54) is 12.1 Å². The molecule has 0 saturated carbocycles. The first-order chi connectivity index (χ1) is 10.4. The molecule has 2 aromatic carbocycles. The van der Waals surface area contributed by atoms with E-state index < -0.39 is 11.7 Å². The Kier molecular flexibility index (Phi) is 3.44. The maximum absolute atomic E-state index is 12.5. The average molecular weight is 307 g/mol. The molecule has 2 N–H and O–H groups in total. The molecule has 0 bridgehead atoms. The number of rotatable bonds is 3. The number of nitrogens with one attached hydrogen (secondary N) is 1. The van der Waals surface area contributed by atoms with Crippen LogP contribution in [0.5, 0.6) is 11.5 Å². The third-order valence-electron chi connectivity index (χ3n) is 3.24. The van der Waals surface area contributed by atoms with Gasteiger partial charge in [-0.05, 0) is 42.5 Å². The lowest BCUT2D eigenvalue weighted by Crippen LogP contribution is -2.04. The van der Waals surface area contributed by atoms with Crippen LogP contribution >= 0.6 is 0 Å². The van der Waals surface area contributed by atoms with Crippen molar-refractivity contribution in [2.24, 2.45) is 0 Å². The van der Waals surface area contributed by atoms with E-state index in [-0.39, 0.29) is 12.4 Å². The van der Waals surface area contributed by atoms with Crippen molar-refractivity contribution in [1.29, 1.82) is 0 Å². The normalized spacial score (nSPS) is 11.8. The number of aromatic hydroxyl groups is 1. The van der Waals surface area contributed by atoms with Gasteiger partial charge in [-0.2, -0.15) is 13.2 Å². The lowest BCUT2D eigenvalue weighted by atomic mass is 10.2. The number of hydrogen-bond acceptors (Lipinski definition) is 2. The van der Waals surface area contributed by atoms with Crippen LogP contribution in [-0.4, -0.2) is 10.1 Å². The van der Waals surface area contributed by atoms with Crippen molar-refractivity contribution in [3.63, 3.8) is 0 Å². The standard InChI is InChI=1S/C16H12F3NO2/c17-16(18,19)11-2-5-14(6-3-11)22-9-12-7-10-1-4-13(21)8-15(10)20-12/h1-8,20-21H,9H2. The third-order valence-corrected chi connectivity index (χ3v) is 3.24. The van der Waals surface area contributed by atoms with E-state index in [4.69, 9.17) is 4.74 Å². The summed E-state index contributed by atoms with van der Waals surface area (Å²) >= 11 is 0. The molecule has 6 heteroatoms. The summed E-state index contributed by atoms with van der Waals surface area (Å²) in [7, 11) is 0. The summed E-state index contributed by atoms with van der Waals surface area (Å²) < 4.78 is 42.8. The van der Waals surface area contributed by atoms with Crippen LogP contribution in [-0.2, 0) is 12.8 Å². The minimum Gasteiger partial charge on any atom is -0.508 e. The Bertz CT molecular complexity index is 791. The SMILES string of the molecule is Oc1ccc2cc(COc3ccc(C(F)(F)F)cc3)[nH]c2c1. The number of phenolic OH excluding ortho intramolecular Hbond substituents is 1. The van der Waals surface area contributed by atoms with Gasteiger partial charge in [0.2, 0.25) is 0 Å². The first-order valence-electron chi connectivity index (χ1n) is 6.52. The number of phenols is 1. The summed E-state index contributed by atoms with van der Waals surface area (Å²) in [5, 5.41) is 10.3. The Morgan fingerprint density at radius 2 is 1.73 bits per heavy atom. The number of aromatic nitrogens is 1. The highest BCUT2D eigenvalue weighted by atomic mass is 19.4. The van der Waals surface area contributed by atoms with Crippen LogP contribution in [0.4, 0.5) is 13.2 Å². The van der Waals surface area contributed by atoms with Gasteiger partial charge in [-0.1, -0.05) is 0 Å². The van der Waals surface area contributed by atoms with Crippen molar-refractivity contribution in [2.75, 3.05) is 0 Å².